The van der Waals surface area contributed by atoms with Crippen LogP contribution < -0.4 is 11.5 Å². The highest BCUT2D eigenvalue weighted by molar-refractivity contribution is 8.04. The Kier molecular flexibility index (Phi) is 25.2. The van der Waals surface area contributed by atoms with Gasteiger partial charge in [0.15, 0.2) is 43.4 Å². The van der Waals surface area contributed by atoms with Crippen molar-refractivity contribution in [3.05, 3.63) is 127 Å². The number of anilines is 2. The van der Waals surface area contributed by atoms with Crippen molar-refractivity contribution in [2.45, 2.75) is 53.5 Å². The standard InChI is InChI=1S/C55H46N10O29S10/c56-42-14-12-38-40(50(42)62-60-44-16-10-35(27-46(44)99(72,73)74)95-22-20-91-93-103(84,85)86)29-48(101(78,79)80)52(54(38)66)64-58-33-8-6-32(7-9-33)18-25-97(68,69)31-90-19-1-2-24-98(70,71)37-5-3-4-34(26-37)59-65-53-49(102(81,82)83)30-41-39(55(53)67)13-15-43(57)51(41)63-61-45-17-11-36(28-47(45)100(75,76)77)96-23-21-92-94-104(87,88)89/h3-17,26-30,66-67H,1-2,18-19,24-25,31,56-57H2,(H,72,73,74)(H,75,76,77)(H,78,79,80)(H,81,82,83)(H,84,85,86)(H,87,88,89). The molecule has 550 valence electrons. The Morgan fingerprint density at radius 2 is 0.865 bits per heavy atom. The van der Waals surface area contributed by atoms with E-state index in [0.29, 0.717) is 29.1 Å². The average Bonchev–Trinajstić information content (AvgIpc) is 0.759. The number of phenolic OH excluding ortho intramolecular Hbond substituents is 2. The van der Waals surface area contributed by atoms with Gasteiger partial charge < -0.3 is 26.4 Å². The molecule has 0 aliphatic heterocycles. The molecular weight excluding hydrogens is 1590 g/mol. The van der Waals surface area contributed by atoms with E-state index in [9.17, 15) is 95.8 Å². The largest absolute Gasteiger partial charge is 0.505 e. The van der Waals surface area contributed by atoms with Crippen LogP contribution in [0.3, 0.4) is 0 Å². The van der Waals surface area contributed by atoms with Crippen LogP contribution in [0.25, 0.3) is 21.5 Å². The maximum Gasteiger partial charge on any atom is 0.433 e. The van der Waals surface area contributed by atoms with E-state index >= 15 is 0 Å². The summed E-state index contributed by atoms with van der Waals surface area (Å²) in [6.45, 7) is -0.184. The van der Waals surface area contributed by atoms with Gasteiger partial charge in [-0.15, -0.1) is 30.7 Å². The normalized spacial score (nSPS) is 12.9. The number of hydrogen-bond acceptors (Lipinski definition) is 35. The maximum atomic E-state index is 13.4. The number of aryl methyl sites for hydroxylation is 1. The van der Waals surface area contributed by atoms with Crippen LogP contribution in [-0.2, 0) is 111 Å². The molecule has 0 saturated heterocycles. The van der Waals surface area contributed by atoms with Crippen molar-refractivity contribution in [2.24, 2.45) is 40.9 Å². The Bertz CT molecular complexity index is 5990. The second-order valence-electron chi connectivity index (χ2n) is 20.5. The first-order valence-electron chi connectivity index (χ1n) is 27.7. The highest BCUT2D eigenvalue weighted by Gasteiger charge is 2.28. The highest BCUT2D eigenvalue weighted by Crippen LogP contribution is 2.48. The Morgan fingerprint density at radius 1 is 0.423 bits per heavy atom. The van der Waals surface area contributed by atoms with Gasteiger partial charge in [0.05, 0.1) is 39.2 Å². The number of phenols is 2. The molecule has 0 aliphatic rings. The summed E-state index contributed by atoms with van der Waals surface area (Å²) in [7, 11) is -38.7. The number of thioether (sulfide) groups is 2. The van der Waals surface area contributed by atoms with E-state index in [1.54, 1.807) is 12.2 Å². The molecule has 8 rings (SSSR count). The quantitative estimate of drug-likeness (QED) is 0.00304. The van der Waals surface area contributed by atoms with E-state index in [2.05, 4.69) is 69.9 Å². The molecule has 0 fully saturated rings. The van der Waals surface area contributed by atoms with Gasteiger partial charge in [-0.3, -0.25) is 37.1 Å². The lowest BCUT2D eigenvalue weighted by atomic mass is 10.1. The first-order valence-corrected chi connectivity index (χ1v) is 41.3. The van der Waals surface area contributed by atoms with E-state index < -0.39 is 158 Å². The third kappa shape index (κ3) is 22.0. The summed E-state index contributed by atoms with van der Waals surface area (Å²) >= 11 is 1.08. The Labute approximate surface area is 597 Å². The van der Waals surface area contributed by atoms with E-state index in [1.807, 2.05) is 0 Å². The lowest BCUT2D eigenvalue weighted by Gasteiger charge is -2.12. The SMILES string of the molecule is Nc1ccc2c(O)c(N=Nc3ccc(CCS(=O)(=O)COCCCCS(=O)(=O)c4cccc(N=Nc5c(S(=O)(=O)O)cc6c(N=Nc7ccc(SC#COOS(=O)(=O)O)cc7S(=O)(=O)O)c(N)ccc6c5O)c4)cc3)c(S(=O)(=O)O)cc2c1N=Nc1ccc(SC#COOS(=O)(=O)O)cc1S(=O)(=O)O. The lowest BCUT2D eigenvalue weighted by molar-refractivity contribution is -0.135. The molecule has 0 atom stereocenters. The van der Waals surface area contributed by atoms with Crippen LogP contribution in [0.5, 0.6) is 11.5 Å². The average molecular weight is 1630 g/mol. The van der Waals surface area contributed by atoms with Gasteiger partial charge in [-0.05, 0) is 160 Å². The molecule has 39 nitrogen and oxygen atoms in total. The molecule has 0 aromatic heterocycles. The van der Waals surface area contributed by atoms with Gasteiger partial charge in [-0.2, -0.15) is 60.7 Å². The minimum Gasteiger partial charge on any atom is -0.505 e. The van der Waals surface area contributed by atoms with Crippen molar-refractivity contribution in [3.8, 4) is 34.2 Å². The van der Waals surface area contributed by atoms with E-state index in [4.69, 9.17) is 25.3 Å². The highest BCUT2D eigenvalue weighted by atomic mass is 32.3. The second-order valence-corrected chi connectivity index (χ2v) is 34.0. The van der Waals surface area contributed by atoms with Gasteiger partial charge in [0.2, 0.25) is 0 Å². The van der Waals surface area contributed by atoms with Gasteiger partial charge in [0.1, 0.15) is 59.6 Å². The number of benzene rings is 8. The summed E-state index contributed by atoms with van der Waals surface area (Å²) in [6, 6.07) is 23.1. The predicted molar refractivity (Wildman–Crippen MR) is 366 cm³/mol. The third-order valence-corrected chi connectivity index (χ3v) is 21.7. The van der Waals surface area contributed by atoms with Crippen LogP contribution in [0.1, 0.15) is 18.4 Å². The van der Waals surface area contributed by atoms with Crippen LogP contribution in [0, 0.1) is 22.7 Å². The molecular formula is C55H46N10O29S10. The smallest absolute Gasteiger partial charge is 0.433 e. The Morgan fingerprint density at radius 3 is 1.31 bits per heavy atom. The number of sulfone groups is 2. The summed E-state index contributed by atoms with van der Waals surface area (Å²) in [5, 5.41) is 57.3. The molecule has 0 unspecified atom stereocenters. The van der Waals surface area contributed by atoms with Gasteiger partial charge in [-0.25, -0.2) is 16.8 Å². The number of hydrogen-bond donors (Lipinski definition) is 10. The summed E-state index contributed by atoms with van der Waals surface area (Å²) in [4.78, 5) is 3.91. The van der Waals surface area contributed by atoms with E-state index in [-0.39, 0.29) is 90.5 Å². The molecule has 0 bridgehead atoms. The molecule has 0 amide bonds. The topological polar surface area (TPSA) is 632 Å². The van der Waals surface area contributed by atoms with E-state index in [1.165, 1.54) is 78.9 Å². The van der Waals surface area contributed by atoms with E-state index in [0.717, 1.165) is 42.5 Å². The third-order valence-electron chi connectivity index (χ3n) is 13.3. The molecule has 0 radical (unpaired) electrons. The molecule has 0 saturated carbocycles. The zero-order chi connectivity index (χ0) is 76.4. The number of azo groups is 4. The van der Waals surface area contributed by atoms with Crippen molar-refractivity contribution < 1.29 is 128 Å². The zero-order valence-electron chi connectivity index (χ0n) is 51.5. The first-order chi connectivity index (χ1) is 48.5. The number of unbranched alkanes of at least 4 members (excludes halogenated alkanes) is 1. The lowest BCUT2D eigenvalue weighted by Crippen LogP contribution is -2.16. The van der Waals surface area contributed by atoms with Crippen LogP contribution in [0.15, 0.2) is 197 Å². The van der Waals surface area contributed by atoms with Crippen molar-refractivity contribution in [3.63, 3.8) is 0 Å². The molecule has 0 aliphatic carbocycles. The van der Waals surface area contributed by atoms with Crippen LogP contribution >= 0.6 is 23.5 Å². The molecule has 0 spiro atoms. The number of nitrogens with two attached hydrogens (primary N) is 2. The monoisotopic (exact) mass is 1630 g/mol. The zero-order valence-corrected chi connectivity index (χ0v) is 59.6. The summed E-state index contributed by atoms with van der Waals surface area (Å²) < 4.78 is 266. The van der Waals surface area contributed by atoms with Crippen molar-refractivity contribution >= 4 is 183 Å². The molecule has 12 N–H and O–H groups in total. The summed E-state index contributed by atoms with van der Waals surface area (Å²) in [6.07, 6.45) is 3.48. The second kappa shape index (κ2) is 32.7. The summed E-state index contributed by atoms with van der Waals surface area (Å²) in [5.41, 5.74) is 8.75. The number of nitrogen functional groups attached to an aromatic ring is 2. The molecule has 0 heterocycles. The van der Waals surface area contributed by atoms with Gasteiger partial charge in [0, 0.05) is 48.4 Å². The van der Waals surface area contributed by atoms with Gasteiger partial charge >= 0.3 is 20.8 Å². The maximum absolute atomic E-state index is 13.4. The molecule has 8 aromatic rings. The van der Waals surface area contributed by atoms with Crippen LogP contribution in [0.4, 0.5) is 56.9 Å². The van der Waals surface area contributed by atoms with Crippen LogP contribution in [0.2, 0.25) is 0 Å². The minimum atomic E-state index is -5.31. The molecule has 104 heavy (non-hydrogen) atoms. The molecule has 49 heteroatoms. The first kappa shape index (κ1) is 80.2. The Hall–Kier alpha value is -9.46. The van der Waals surface area contributed by atoms with Gasteiger partial charge in [-0.1, -0.05) is 18.2 Å². The van der Waals surface area contributed by atoms with Gasteiger partial charge in [0.25, 0.3) is 40.5 Å². The minimum absolute atomic E-state index is 0.00639. The number of aromatic hydroxyl groups is 2. The number of ether oxygens (including phenoxy) is 1. The van der Waals surface area contributed by atoms with Crippen molar-refractivity contribution in [1.82, 2.24) is 0 Å². The summed E-state index contributed by atoms with van der Waals surface area (Å²) in [5.74, 6) is -3.43. The molecule has 8 aromatic carbocycles. The predicted octanol–water partition coefficient (Wildman–Crippen LogP) is 9.93. The van der Waals surface area contributed by atoms with Crippen molar-refractivity contribution in [1.29, 1.82) is 0 Å². The number of rotatable bonds is 29. The van der Waals surface area contributed by atoms with Crippen molar-refractivity contribution in [2.75, 3.05) is 35.5 Å². The number of nitrogens with zero attached hydrogens (tertiary/aromatic N) is 8. The fourth-order valence-electron chi connectivity index (χ4n) is 8.68. The fourth-order valence-corrected chi connectivity index (χ4v) is 15.1. The van der Waals surface area contributed by atoms with Crippen LogP contribution in [-0.4, -0.2) is 129 Å². The Balaban J connectivity index is 0.864. The number of fused-ring (bicyclic) bond motifs is 2. The fraction of sp³-hybridized carbons (Fsp3) is 0.127.